The van der Waals surface area contributed by atoms with Gasteiger partial charge in [0.15, 0.2) is 11.4 Å². The van der Waals surface area contributed by atoms with Crippen molar-refractivity contribution in [1.29, 1.82) is 0 Å². The van der Waals surface area contributed by atoms with Crippen LogP contribution in [0.2, 0.25) is 0 Å². The highest BCUT2D eigenvalue weighted by Gasteiger charge is 2.21. The summed E-state index contributed by atoms with van der Waals surface area (Å²) >= 11 is 0. The van der Waals surface area contributed by atoms with Gasteiger partial charge in [-0.1, -0.05) is 37.3 Å². The Bertz CT molecular complexity index is 719. The van der Waals surface area contributed by atoms with Gasteiger partial charge >= 0.3 is 5.97 Å². The molecule has 0 aliphatic rings. The van der Waals surface area contributed by atoms with E-state index in [-0.39, 0.29) is 18.1 Å². The lowest BCUT2D eigenvalue weighted by atomic mass is 10.2. The number of nitrogens with zero attached hydrogens (tertiary/aromatic N) is 1. The van der Waals surface area contributed by atoms with Crippen LogP contribution in [0.5, 0.6) is 5.75 Å². The summed E-state index contributed by atoms with van der Waals surface area (Å²) in [7, 11) is 0. The third kappa shape index (κ3) is 3.36. The fourth-order valence-electron chi connectivity index (χ4n) is 2.34. The molecule has 116 valence electrons. The normalized spacial score (nSPS) is 10.5. The molecule has 5 nitrogen and oxygen atoms in total. The summed E-state index contributed by atoms with van der Waals surface area (Å²) in [5, 5.41) is 9.48. The fourth-order valence-corrected chi connectivity index (χ4v) is 2.34. The lowest BCUT2D eigenvalue weighted by Gasteiger charge is -2.17. The summed E-state index contributed by atoms with van der Waals surface area (Å²) < 4.78 is 7.16. The van der Waals surface area contributed by atoms with Crippen molar-refractivity contribution in [3.63, 3.8) is 0 Å². The maximum Gasteiger partial charge on any atom is 0.356 e. The summed E-state index contributed by atoms with van der Waals surface area (Å²) in [5.74, 6) is -1.26. The largest absolute Gasteiger partial charge is 0.482 e. The number of aromatic nitrogens is 1. The van der Waals surface area contributed by atoms with Crippen molar-refractivity contribution >= 4 is 5.97 Å². The first-order chi connectivity index (χ1) is 10.5. The molecule has 1 aromatic carbocycles. The zero-order valence-electron chi connectivity index (χ0n) is 12.7. The Kier molecular flexibility index (Phi) is 4.99. The van der Waals surface area contributed by atoms with Crippen molar-refractivity contribution in [1.82, 2.24) is 4.57 Å². The first-order valence-electron chi connectivity index (χ1n) is 7.19. The topological polar surface area (TPSA) is 68.5 Å². The molecule has 0 bridgehead atoms. The molecule has 1 aromatic heterocycles. The van der Waals surface area contributed by atoms with E-state index >= 15 is 0 Å². The highest BCUT2D eigenvalue weighted by molar-refractivity contribution is 5.89. The van der Waals surface area contributed by atoms with Crippen molar-refractivity contribution in [3.05, 3.63) is 63.6 Å². The average Bonchev–Trinajstić information content (AvgIpc) is 2.49. The number of rotatable bonds is 6. The Labute approximate surface area is 128 Å². The third-order valence-corrected chi connectivity index (χ3v) is 3.35. The highest BCUT2D eigenvalue weighted by Crippen LogP contribution is 2.18. The van der Waals surface area contributed by atoms with Gasteiger partial charge in [-0.05, 0) is 18.9 Å². The zero-order chi connectivity index (χ0) is 16.1. The van der Waals surface area contributed by atoms with Crippen molar-refractivity contribution in [2.45, 2.75) is 33.4 Å². The average molecular weight is 301 g/mol. The molecule has 2 rings (SSSR count). The Balaban J connectivity index is 2.43. The molecule has 0 fully saturated rings. The van der Waals surface area contributed by atoms with Crippen molar-refractivity contribution in [2.75, 3.05) is 0 Å². The lowest BCUT2D eigenvalue weighted by Crippen LogP contribution is -2.22. The van der Waals surface area contributed by atoms with E-state index in [1.54, 1.807) is 11.5 Å². The van der Waals surface area contributed by atoms with Gasteiger partial charge in [0.25, 0.3) is 0 Å². The predicted molar refractivity (Wildman–Crippen MR) is 83.5 cm³/mol. The van der Waals surface area contributed by atoms with Gasteiger partial charge in [-0.3, -0.25) is 4.79 Å². The molecule has 0 atom stereocenters. The van der Waals surface area contributed by atoms with E-state index in [1.165, 1.54) is 6.07 Å². The minimum atomic E-state index is -1.16. The van der Waals surface area contributed by atoms with Gasteiger partial charge in [-0.15, -0.1) is 0 Å². The van der Waals surface area contributed by atoms with Gasteiger partial charge in [0.05, 0.1) is 0 Å². The number of hydrogen-bond donors (Lipinski definition) is 1. The van der Waals surface area contributed by atoms with E-state index in [9.17, 15) is 14.7 Å². The van der Waals surface area contributed by atoms with E-state index < -0.39 is 11.4 Å². The lowest BCUT2D eigenvalue weighted by molar-refractivity contribution is 0.0676. The van der Waals surface area contributed by atoms with Crippen molar-refractivity contribution < 1.29 is 14.6 Å². The molecular formula is C17H19NO4. The number of ether oxygens (including phenoxy) is 1. The molecule has 1 heterocycles. The number of benzene rings is 1. The highest BCUT2D eigenvalue weighted by atomic mass is 16.5. The molecule has 0 amide bonds. The van der Waals surface area contributed by atoms with Crippen LogP contribution in [-0.4, -0.2) is 15.6 Å². The molecule has 0 saturated carbocycles. The number of hydrogen-bond acceptors (Lipinski definition) is 3. The van der Waals surface area contributed by atoms with Crippen LogP contribution in [0.3, 0.4) is 0 Å². The van der Waals surface area contributed by atoms with Gasteiger partial charge in [0.1, 0.15) is 6.61 Å². The number of pyridine rings is 1. The van der Waals surface area contributed by atoms with Crippen LogP contribution >= 0.6 is 0 Å². The van der Waals surface area contributed by atoms with Gasteiger partial charge in [-0.25, -0.2) is 4.79 Å². The summed E-state index contributed by atoms with van der Waals surface area (Å²) in [5.41, 5.74) is 1.01. The number of carbonyl (C=O) groups is 1. The second-order valence-electron chi connectivity index (χ2n) is 5.06. The third-order valence-electron chi connectivity index (χ3n) is 3.35. The van der Waals surface area contributed by atoms with E-state index in [0.29, 0.717) is 12.2 Å². The minimum Gasteiger partial charge on any atom is -0.482 e. The standard InChI is InChI=1S/C17H19NO4/c1-3-9-18-12(2)10-14(19)16(15(18)17(20)21)22-11-13-7-5-4-6-8-13/h4-8,10H,3,9,11H2,1-2H3,(H,20,21). The molecule has 2 aromatic rings. The van der Waals surface area contributed by atoms with Crippen molar-refractivity contribution in [2.24, 2.45) is 0 Å². The van der Waals surface area contributed by atoms with Gasteiger partial charge in [0.2, 0.25) is 5.43 Å². The molecule has 1 N–H and O–H groups in total. The minimum absolute atomic E-state index is 0.0808. The van der Waals surface area contributed by atoms with E-state index in [2.05, 4.69) is 0 Å². The summed E-state index contributed by atoms with van der Waals surface area (Å²) in [4.78, 5) is 23.7. The second kappa shape index (κ2) is 6.93. The predicted octanol–water partition coefficient (Wildman–Crippen LogP) is 2.84. The molecular weight excluding hydrogens is 282 g/mol. The summed E-state index contributed by atoms with van der Waals surface area (Å²) in [6.07, 6.45) is 0.766. The van der Waals surface area contributed by atoms with Crippen LogP contribution in [0, 0.1) is 6.92 Å². The van der Waals surface area contributed by atoms with E-state index in [0.717, 1.165) is 12.0 Å². The van der Waals surface area contributed by atoms with Gasteiger partial charge in [0, 0.05) is 18.3 Å². The summed E-state index contributed by atoms with van der Waals surface area (Å²) in [6, 6.07) is 10.7. The molecule has 22 heavy (non-hydrogen) atoms. The molecule has 5 heteroatoms. The van der Waals surface area contributed by atoms with E-state index in [1.807, 2.05) is 37.3 Å². The number of aromatic carboxylic acids is 1. The Morgan fingerprint density at radius 1 is 1.27 bits per heavy atom. The van der Waals surface area contributed by atoms with Crippen LogP contribution < -0.4 is 10.2 Å². The quantitative estimate of drug-likeness (QED) is 0.890. The molecule has 0 aliphatic heterocycles. The van der Waals surface area contributed by atoms with Crippen LogP contribution in [0.4, 0.5) is 0 Å². The van der Waals surface area contributed by atoms with Crippen molar-refractivity contribution in [3.8, 4) is 5.75 Å². The zero-order valence-corrected chi connectivity index (χ0v) is 12.7. The van der Waals surface area contributed by atoms with Crippen LogP contribution in [0.25, 0.3) is 0 Å². The number of carboxylic acid groups (broad SMARTS) is 1. The van der Waals surface area contributed by atoms with Gasteiger partial charge < -0.3 is 14.4 Å². The maximum absolute atomic E-state index is 12.1. The maximum atomic E-state index is 12.1. The Morgan fingerprint density at radius 2 is 1.95 bits per heavy atom. The first kappa shape index (κ1) is 15.8. The molecule has 0 spiro atoms. The number of carboxylic acids is 1. The first-order valence-corrected chi connectivity index (χ1v) is 7.19. The SMILES string of the molecule is CCCn1c(C)cc(=O)c(OCc2ccccc2)c1C(=O)O. The second-order valence-corrected chi connectivity index (χ2v) is 5.06. The smallest absolute Gasteiger partial charge is 0.356 e. The monoisotopic (exact) mass is 301 g/mol. The van der Waals surface area contributed by atoms with Gasteiger partial charge in [-0.2, -0.15) is 0 Å². The molecule has 0 aliphatic carbocycles. The van der Waals surface area contributed by atoms with E-state index in [4.69, 9.17) is 4.74 Å². The molecule has 0 saturated heterocycles. The Morgan fingerprint density at radius 3 is 2.55 bits per heavy atom. The van der Waals surface area contributed by atoms with Crippen LogP contribution in [0.15, 0.2) is 41.2 Å². The molecule has 0 radical (unpaired) electrons. The van der Waals surface area contributed by atoms with Crippen LogP contribution in [0.1, 0.15) is 35.1 Å². The Hall–Kier alpha value is -2.56. The summed E-state index contributed by atoms with van der Waals surface area (Å²) in [6.45, 7) is 4.36. The number of aryl methyl sites for hydroxylation is 1. The fraction of sp³-hybridized carbons (Fsp3) is 0.294. The molecule has 0 unspecified atom stereocenters. The van der Waals surface area contributed by atoms with Crippen LogP contribution in [-0.2, 0) is 13.2 Å².